The molecule has 1 heterocycles. The molecule has 1 aromatic heterocycles. The van der Waals surface area contributed by atoms with E-state index in [0.29, 0.717) is 12.0 Å². The number of carbonyl (C=O) groups is 2. The van der Waals surface area contributed by atoms with Crippen LogP contribution in [0.25, 0.3) is 0 Å². The number of rotatable bonds is 6. The number of aliphatic carboxylic acids is 1. The number of aryl methyl sites for hydroxylation is 1. The molecule has 1 amide bonds. The molecule has 1 unspecified atom stereocenters. The third-order valence-corrected chi connectivity index (χ3v) is 4.12. The van der Waals surface area contributed by atoms with Gasteiger partial charge in [0, 0.05) is 11.8 Å². The molecule has 0 aliphatic carbocycles. The molecule has 0 aliphatic rings. The molecule has 1 aromatic carbocycles. The van der Waals surface area contributed by atoms with Crippen molar-refractivity contribution in [1.29, 1.82) is 0 Å². The number of carbonyl (C=O) groups excluding carboxylic acids is 1. The molecular formula is C16H17NO3S. The standard InChI is InChI=1S/C16H17NO3S/c1-11-9-21-10-13(11)16(20)17-14(7-8-15(18)19)12-5-3-2-4-6-12/h2-6,9-10,14H,7-8H2,1H3,(H,17,20)(H,18,19). The molecule has 5 heteroatoms. The van der Waals surface area contributed by atoms with E-state index < -0.39 is 5.97 Å². The van der Waals surface area contributed by atoms with Crippen molar-refractivity contribution in [2.75, 3.05) is 0 Å². The van der Waals surface area contributed by atoms with Gasteiger partial charge in [0.25, 0.3) is 5.91 Å². The van der Waals surface area contributed by atoms with Crippen molar-refractivity contribution < 1.29 is 14.7 Å². The molecule has 0 saturated carbocycles. The van der Waals surface area contributed by atoms with Gasteiger partial charge in [-0.1, -0.05) is 30.3 Å². The lowest BCUT2D eigenvalue weighted by molar-refractivity contribution is -0.137. The predicted octanol–water partition coefficient (Wildman–Crippen LogP) is 3.39. The zero-order valence-electron chi connectivity index (χ0n) is 11.7. The number of benzene rings is 1. The average molecular weight is 303 g/mol. The molecule has 21 heavy (non-hydrogen) atoms. The fourth-order valence-corrected chi connectivity index (χ4v) is 2.93. The highest BCUT2D eigenvalue weighted by Crippen LogP contribution is 2.20. The molecule has 0 radical (unpaired) electrons. The first-order chi connectivity index (χ1) is 10.1. The van der Waals surface area contributed by atoms with Crippen molar-refractivity contribution in [3.63, 3.8) is 0 Å². The van der Waals surface area contributed by atoms with Crippen molar-refractivity contribution >= 4 is 23.2 Å². The Morgan fingerprint density at radius 2 is 1.95 bits per heavy atom. The van der Waals surface area contributed by atoms with E-state index in [-0.39, 0.29) is 18.4 Å². The summed E-state index contributed by atoms with van der Waals surface area (Å²) in [5.41, 5.74) is 2.50. The van der Waals surface area contributed by atoms with Crippen LogP contribution in [0.3, 0.4) is 0 Å². The Morgan fingerprint density at radius 1 is 1.24 bits per heavy atom. The molecular weight excluding hydrogens is 286 g/mol. The molecule has 110 valence electrons. The quantitative estimate of drug-likeness (QED) is 0.859. The summed E-state index contributed by atoms with van der Waals surface area (Å²) in [4.78, 5) is 23.1. The minimum absolute atomic E-state index is 0.0163. The van der Waals surface area contributed by atoms with E-state index in [1.54, 1.807) is 0 Å². The van der Waals surface area contributed by atoms with Crippen molar-refractivity contribution in [2.24, 2.45) is 0 Å². The third kappa shape index (κ3) is 4.16. The molecule has 0 saturated heterocycles. The van der Waals surface area contributed by atoms with Crippen molar-refractivity contribution in [3.8, 4) is 0 Å². The summed E-state index contributed by atoms with van der Waals surface area (Å²) < 4.78 is 0. The first-order valence-corrected chi connectivity index (χ1v) is 7.62. The van der Waals surface area contributed by atoms with Crippen LogP contribution in [-0.2, 0) is 4.79 Å². The summed E-state index contributed by atoms with van der Waals surface area (Å²) in [7, 11) is 0. The number of nitrogens with one attached hydrogen (secondary N) is 1. The van der Waals surface area contributed by atoms with Crippen LogP contribution >= 0.6 is 11.3 Å². The van der Waals surface area contributed by atoms with E-state index in [4.69, 9.17) is 5.11 Å². The fourth-order valence-electron chi connectivity index (χ4n) is 2.10. The minimum Gasteiger partial charge on any atom is -0.481 e. The third-order valence-electron chi connectivity index (χ3n) is 3.25. The van der Waals surface area contributed by atoms with E-state index in [0.717, 1.165) is 11.1 Å². The zero-order valence-corrected chi connectivity index (χ0v) is 12.5. The van der Waals surface area contributed by atoms with Gasteiger partial charge in [0.2, 0.25) is 0 Å². The SMILES string of the molecule is Cc1cscc1C(=O)NC(CCC(=O)O)c1ccccc1. The maximum Gasteiger partial charge on any atom is 0.303 e. The maximum absolute atomic E-state index is 12.3. The Morgan fingerprint density at radius 3 is 2.52 bits per heavy atom. The van der Waals surface area contributed by atoms with E-state index in [2.05, 4.69) is 5.32 Å². The lowest BCUT2D eigenvalue weighted by atomic mass is 10.0. The number of carboxylic acids is 1. The Hall–Kier alpha value is -2.14. The molecule has 0 bridgehead atoms. The monoisotopic (exact) mass is 303 g/mol. The normalized spacial score (nSPS) is 11.9. The topological polar surface area (TPSA) is 66.4 Å². The van der Waals surface area contributed by atoms with Crippen LogP contribution in [0.4, 0.5) is 0 Å². The average Bonchev–Trinajstić information content (AvgIpc) is 2.90. The number of hydrogen-bond acceptors (Lipinski definition) is 3. The van der Waals surface area contributed by atoms with Crippen molar-refractivity contribution in [2.45, 2.75) is 25.8 Å². The Balaban J connectivity index is 2.14. The molecule has 2 rings (SSSR count). The van der Waals surface area contributed by atoms with Gasteiger partial charge < -0.3 is 10.4 Å². The van der Waals surface area contributed by atoms with Crippen LogP contribution in [-0.4, -0.2) is 17.0 Å². The molecule has 0 aliphatic heterocycles. The van der Waals surface area contributed by atoms with Crippen LogP contribution in [0, 0.1) is 6.92 Å². The van der Waals surface area contributed by atoms with Crippen LogP contribution in [0.1, 0.15) is 40.4 Å². The summed E-state index contributed by atoms with van der Waals surface area (Å²) in [6, 6.07) is 9.15. The van der Waals surface area contributed by atoms with Gasteiger partial charge in [-0.2, -0.15) is 11.3 Å². The van der Waals surface area contributed by atoms with E-state index in [1.807, 2.05) is 48.0 Å². The van der Waals surface area contributed by atoms with Gasteiger partial charge in [-0.3, -0.25) is 9.59 Å². The molecule has 0 fully saturated rings. The number of hydrogen-bond donors (Lipinski definition) is 2. The van der Waals surface area contributed by atoms with Gasteiger partial charge in [-0.05, 0) is 29.9 Å². The Kier molecular flexibility index (Phi) is 5.11. The predicted molar refractivity (Wildman–Crippen MR) is 82.6 cm³/mol. The second-order valence-electron chi connectivity index (χ2n) is 4.84. The van der Waals surface area contributed by atoms with Gasteiger partial charge in [0.05, 0.1) is 11.6 Å². The minimum atomic E-state index is -0.864. The van der Waals surface area contributed by atoms with E-state index in [9.17, 15) is 9.59 Å². The molecule has 4 nitrogen and oxygen atoms in total. The van der Waals surface area contributed by atoms with Crippen LogP contribution < -0.4 is 5.32 Å². The largest absolute Gasteiger partial charge is 0.481 e. The van der Waals surface area contributed by atoms with Crippen molar-refractivity contribution in [3.05, 3.63) is 57.8 Å². The smallest absolute Gasteiger partial charge is 0.303 e. The summed E-state index contributed by atoms with van der Waals surface area (Å²) in [5.74, 6) is -1.02. The Labute approximate surface area is 127 Å². The van der Waals surface area contributed by atoms with Gasteiger partial charge >= 0.3 is 5.97 Å². The van der Waals surface area contributed by atoms with Gasteiger partial charge in [-0.25, -0.2) is 0 Å². The first-order valence-electron chi connectivity index (χ1n) is 6.68. The van der Waals surface area contributed by atoms with Gasteiger partial charge in [0.1, 0.15) is 0 Å². The summed E-state index contributed by atoms with van der Waals surface area (Å²) >= 11 is 1.48. The highest BCUT2D eigenvalue weighted by atomic mass is 32.1. The van der Waals surface area contributed by atoms with Gasteiger partial charge in [0.15, 0.2) is 0 Å². The highest BCUT2D eigenvalue weighted by Gasteiger charge is 2.18. The first kappa shape index (κ1) is 15.3. The molecule has 0 spiro atoms. The highest BCUT2D eigenvalue weighted by molar-refractivity contribution is 7.08. The number of carboxylic acid groups (broad SMARTS) is 1. The number of amides is 1. The lowest BCUT2D eigenvalue weighted by Crippen LogP contribution is -2.29. The number of thiophene rings is 1. The fraction of sp³-hybridized carbons (Fsp3) is 0.250. The summed E-state index contributed by atoms with van der Waals surface area (Å²) in [5, 5.41) is 15.5. The van der Waals surface area contributed by atoms with E-state index in [1.165, 1.54) is 11.3 Å². The second kappa shape index (κ2) is 7.04. The second-order valence-corrected chi connectivity index (χ2v) is 5.58. The Bertz CT molecular complexity index is 621. The molecule has 2 N–H and O–H groups in total. The van der Waals surface area contributed by atoms with Gasteiger partial charge in [-0.15, -0.1) is 0 Å². The maximum atomic E-state index is 12.3. The summed E-state index contributed by atoms with van der Waals surface area (Å²) in [6.07, 6.45) is 0.386. The van der Waals surface area contributed by atoms with Crippen LogP contribution in [0.2, 0.25) is 0 Å². The molecule has 1 atom stereocenters. The van der Waals surface area contributed by atoms with Crippen molar-refractivity contribution in [1.82, 2.24) is 5.32 Å². The molecule has 2 aromatic rings. The van der Waals surface area contributed by atoms with Crippen LogP contribution in [0.15, 0.2) is 41.1 Å². The van der Waals surface area contributed by atoms with E-state index >= 15 is 0 Å². The van der Waals surface area contributed by atoms with Crippen LogP contribution in [0.5, 0.6) is 0 Å². The summed E-state index contributed by atoms with van der Waals surface area (Å²) in [6.45, 7) is 1.89. The zero-order chi connectivity index (χ0) is 15.2. The lowest BCUT2D eigenvalue weighted by Gasteiger charge is -2.18.